The fraction of sp³-hybridized carbons (Fsp3) is 0.500. The van der Waals surface area contributed by atoms with Crippen LogP contribution >= 0.6 is 0 Å². The Balaban J connectivity index is 1.52. The van der Waals surface area contributed by atoms with E-state index in [9.17, 15) is 13.2 Å². The minimum Gasteiger partial charge on any atom is -0.360 e. The van der Waals surface area contributed by atoms with Crippen molar-refractivity contribution < 1.29 is 17.7 Å². The molecule has 0 aliphatic carbocycles. The van der Waals surface area contributed by atoms with Gasteiger partial charge in [-0.2, -0.15) is 0 Å². The molecule has 1 saturated heterocycles. The predicted octanol–water partition coefficient (Wildman–Crippen LogP) is 2.24. The quantitative estimate of drug-likeness (QED) is 0.738. The number of carbonyl (C=O) groups is 1. The first kappa shape index (κ1) is 21.5. The lowest BCUT2D eigenvalue weighted by atomic mass is 10.1. The molecule has 1 aliphatic heterocycles. The summed E-state index contributed by atoms with van der Waals surface area (Å²) in [5.41, 5.74) is 0.786. The molecular weight excluding hydrogens is 392 g/mol. The van der Waals surface area contributed by atoms with Crippen LogP contribution in [0.1, 0.15) is 30.6 Å². The highest BCUT2D eigenvalue weighted by Crippen LogP contribution is 2.20. The van der Waals surface area contributed by atoms with Gasteiger partial charge in [0.25, 0.3) is 0 Å². The number of nitrogens with zero attached hydrogens (tertiary/aromatic N) is 3. The van der Waals surface area contributed by atoms with E-state index in [0.29, 0.717) is 24.5 Å². The van der Waals surface area contributed by atoms with Crippen LogP contribution in [0.25, 0.3) is 0 Å². The van der Waals surface area contributed by atoms with Gasteiger partial charge >= 0.3 is 0 Å². The lowest BCUT2D eigenvalue weighted by Crippen LogP contribution is -2.39. The third-order valence-electron chi connectivity index (χ3n) is 5.20. The second-order valence-electron chi connectivity index (χ2n) is 7.49. The molecule has 1 N–H and O–H groups in total. The van der Waals surface area contributed by atoms with Gasteiger partial charge in [-0.25, -0.2) is 12.7 Å². The van der Waals surface area contributed by atoms with Crippen molar-refractivity contribution in [3.05, 3.63) is 47.7 Å². The molecule has 1 aromatic heterocycles. The number of nitrogens with one attached hydrogen (secondary N) is 1. The Kier molecular flexibility index (Phi) is 7.05. The van der Waals surface area contributed by atoms with Gasteiger partial charge in [-0.1, -0.05) is 35.5 Å². The van der Waals surface area contributed by atoms with Gasteiger partial charge in [0.15, 0.2) is 5.82 Å². The largest absolute Gasteiger partial charge is 0.360 e. The summed E-state index contributed by atoms with van der Waals surface area (Å²) < 4.78 is 32.1. The first-order valence-electron chi connectivity index (χ1n) is 9.78. The maximum Gasteiger partial charge on any atom is 0.239 e. The average molecular weight is 421 g/mol. The molecule has 1 atom stereocenters. The number of benzene rings is 1. The van der Waals surface area contributed by atoms with Gasteiger partial charge < -0.3 is 9.84 Å². The Morgan fingerprint density at radius 3 is 2.72 bits per heavy atom. The van der Waals surface area contributed by atoms with E-state index < -0.39 is 10.0 Å². The zero-order chi connectivity index (χ0) is 20.9. The summed E-state index contributed by atoms with van der Waals surface area (Å²) in [6.07, 6.45) is 2.32. The van der Waals surface area contributed by atoms with Gasteiger partial charge in [0, 0.05) is 25.7 Å². The standard InChI is InChI=1S/C20H28N4O4S/c1-16-13-19(22-28-16)21-20(25)14-24-11-6-9-18(10-12-24)23(2)29(26,27)15-17-7-4-3-5-8-17/h3-5,7-8,13,18H,6,9-12,14-15H2,1-2H3,(H,21,22,25)/t18-/m1/s1. The molecule has 9 heteroatoms. The molecule has 3 rings (SSSR count). The van der Waals surface area contributed by atoms with Crippen molar-refractivity contribution in [2.24, 2.45) is 0 Å². The average Bonchev–Trinajstić information content (AvgIpc) is 2.94. The van der Waals surface area contributed by atoms with Crippen LogP contribution in [-0.2, 0) is 20.6 Å². The molecule has 0 unspecified atom stereocenters. The van der Waals surface area contributed by atoms with E-state index in [4.69, 9.17) is 4.52 Å². The monoisotopic (exact) mass is 420 g/mol. The van der Waals surface area contributed by atoms with Gasteiger partial charge in [-0.15, -0.1) is 0 Å². The van der Waals surface area contributed by atoms with Gasteiger partial charge in [0.05, 0.1) is 12.3 Å². The summed E-state index contributed by atoms with van der Waals surface area (Å²) in [5, 5.41) is 6.49. The number of rotatable bonds is 7. The summed E-state index contributed by atoms with van der Waals surface area (Å²) in [6.45, 7) is 3.44. The number of aromatic nitrogens is 1. The summed E-state index contributed by atoms with van der Waals surface area (Å²) >= 11 is 0. The van der Waals surface area contributed by atoms with Gasteiger partial charge in [-0.05, 0) is 38.3 Å². The highest BCUT2D eigenvalue weighted by atomic mass is 32.2. The fourth-order valence-corrected chi connectivity index (χ4v) is 5.07. The van der Waals surface area contributed by atoms with Crippen molar-refractivity contribution >= 4 is 21.7 Å². The first-order chi connectivity index (χ1) is 13.8. The van der Waals surface area contributed by atoms with E-state index in [1.807, 2.05) is 30.3 Å². The fourth-order valence-electron chi connectivity index (χ4n) is 3.58. The van der Waals surface area contributed by atoms with Crippen molar-refractivity contribution in [3.63, 3.8) is 0 Å². The van der Waals surface area contributed by atoms with E-state index in [0.717, 1.165) is 24.9 Å². The highest BCUT2D eigenvalue weighted by Gasteiger charge is 2.29. The van der Waals surface area contributed by atoms with Crippen LogP contribution in [0.5, 0.6) is 0 Å². The topological polar surface area (TPSA) is 95.8 Å². The number of carbonyl (C=O) groups excluding carboxylic acids is 1. The van der Waals surface area contributed by atoms with E-state index in [1.54, 1.807) is 20.0 Å². The third-order valence-corrected chi connectivity index (χ3v) is 7.07. The first-order valence-corrected chi connectivity index (χ1v) is 11.4. The van der Waals surface area contributed by atoms with E-state index in [1.165, 1.54) is 4.31 Å². The SMILES string of the molecule is Cc1cc(NC(=O)CN2CCC[C@@H](N(C)S(=O)(=O)Cc3ccccc3)CC2)no1. The normalized spacial score (nSPS) is 18.5. The van der Waals surface area contributed by atoms with Crippen LogP contribution in [0.15, 0.2) is 40.9 Å². The zero-order valence-corrected chi connectivity index (χ0v) is 17.7. The van der Waals surface area contributed by atoms with Gasteiger partial charge in [0.1, 0.15) is 5.76 Å². The Hall–Kier alpha value is -2.23. The molecule has 1 amide bonds. The minimum absolute atomic E-state index is 0.00404. The second kappa shape index (κ2) is 9.51. The zero-order valence-electron chi connectivity index (χ0n) is 16.9. The molecule has 1 aromatic carbocycles. The lowest BCUT2D eigenvalue weighted by Gasteiger charge is -2.26. The van der Waals surface area contributed by atoms with Crippen LogP contribution in [0.2, 0.25) is 0 Å². The van der Waals surface area contributed by atoms with Crippen LogP contribution in [0.3, 0.4) is 0 Å². The van der Waals surface area contributed by atoms with Gasteiger partial charge in [0.2, 0.25) is 15.9 Å². The van der Waals surface area contributed by atoms with Crippen molar-refractivity contribution in [1.29, 1.82) is 0 Å². The Labute approximate surface area is 171 Å². The van der Waals surface area contributed by atoms with Crippen LogP contribution < -0.4 is 5.32 Å². The molecule has 1 fully saturated rings. The highest BCUT2D eigenvalue weighted by molar-refractivity contribution is 7.88. The molecular formula is C20H28N4O4S. The predicted molar refractivity (Wildman–Crippen MR) is 111 cm³/mol. The number of likely N-dealkylation sites (tertiary alicyclic amines) is 1. The Morgan fingerprint density at radius 1 is 1.28 bits per heavy atom. The summed E-state index contributed by atoms with van der Waals surface area (Å²) in [5.74, 6) is 0.899. The van der Waals surface area contributed by atoms with Crippen LogP contribution in [-0.4, -0.2) is 61.4 Å². The minimum atomic E-state index is -3.39. The number of anilines is 1. The molecule has 0 saturated carbocycles. The third kappa shape index (κ3) is 6.12. The van der Waals surface area contributed by atoms with E-state index in [2.05, 4.69) is 15.4 Å². The van der Waals surface area contributed by atoms with Crippen molar-refractivity contribution in [1.82, 2.24) is 14.4 Å². The molecule has 0 spiro atoms. The molecule has 158 valence electrons. The summed E-state index contributed by atoms with van der Waals surface area (Å²) in [7, 11) is -1.73. The van der Waals surface area contributed by atoms with E-state index in [-0.39, 0.29) is 24.2 Å². The van der Waals surface area contributed by atoms with Crippen molar-refractivity contribution in [3.8, 4) is 0 Å². The van der Waals surface area contributed by atoms with Crippen LogP contribution in [0.4, 0.5) is 5.82 Å². The molecule has 29 heavy (non-hydrogen) atoms. The number of hydrogen-bond donors (Lipinski definition) is 1. The second-order valence-corrected chi connectivity index (χ2v) is 9.52. The summed E-state index contributed by atoms with van der Waals surface area (Å²) in [6, 6.07) is 10.8. The van der Waals surface area contributed by atoms with Gasteiger partial charge in [-0.3, -0.25) is 9.69 Å². The molecule has 1 aliphatic rings. The number of hydrogen-bond acceptors (Lipinski definition) is 6. The van der Waals surface area contributed by atoms with Crippen LogP contribution in [0, 0.1) is 6.92 Å². The molecule has 2 heterocycles. The molecule has 2 aromatic rings. The maximum atomic E-state index is 12.8. The molecule has 8 nitrogen and oxygen atoms in total. The molecule has 0 radical (unpaired) electrons. The van der Waals surface area contributed by atoms with Crippen molar-refractivity contribution in [2.45, 2.75) is 38.0 Å². The summed E-state index contributed by atoms with van der Waals surface area (Å²) in [4.78, 5) is 14.3. The van der Waals surface area contributed by atoms with E-state index >= 15 is 0 Å². The number of amides is 1. The number of sulfonamides is 1. The maximum absolute atomic E-state index is 12.8. The lowest BCUT2D eigenvalue weighted by molar-refractivity contribution is -0.117. The molecule has 0 bridgehead atoms. The Morgan fingerprint density at radius 2 is 2.03 bits per heavy atom. The number of aryl methyl sites for hydroxylation is 1. The smallest absolute Gasteiger partial charge is 0.239 e. The Bertz CT molecular complexity index is 914. The van der Waals surface area contributed by atoms with Crippen molar-refractivity contribution in [2.75, 3.05) is 32.0 Å².